The lowest BCUT2D eigenvalue weighted by molar-refractivity contribution is -0.224. The van der Waals surface area contributed by atoms with Gasteiger partial charge in [-0.2, -0.15) is 0 Å². The van der Waals surface area contributed by atoms with E-state index in [0.717, 1.165) is 13.0 Å². The Kier molecular flexibility index (Phi) is 5.11. The number of esters is 1. The molecule has 4 aliphatic carbocycles. The van der Waals surface area contributed by atoms with Gasteiger partial charge in [0.25, 0.3) is 0 Å². The standard InChI is InChI=1S/C24H30F2O6/c1-12-7-15-16-9-18(25)17-8-14(28)5-6-21(17,3)23(16,26)19(29)10-22(15,4)24(12,31)20(30)11-32-13(2)27/h5-6,8,12,15-16,18-19,29,31H,7,9-11H2,1-4H3/t12-,15-,16+,18+,19-,21+,22-,23+,24+/m1/s1. The van der Waals surface area contributed by atoms with Crippen LogP contribution in [0.4, 0.5) is 8.78 Å². The van der Waals surface area contributed by atoms with Crippen molar-refractivity contribution in [2.45, 2.75) is 70.5 Å². The Labute approximate surface area is 185 Å². The first kappa shape index (κ1) is 23.2. The predicted molar refractivity (Wildman–Crippen MR) is 110 cm³/mol. The van der Waals surface area contributed by atoms with Crippen molar-refractivity contribution in [1.82, 2.24) is 0 Å². The molecule has 2 N–H and O–H groups in total. The number of carbonyl (C=O) groups is 3. The molecule has 0 aromatic carbocycles. The van der Waals surface area contributed by atoms with Gasteiger partial charge in [0.2, 0.25) is 5.78 Å². The van der Waals surface area contributed by atoms with E-state index in [1.54, 1.807) is 13.8 Å². The highest BCUT2D eigenvalue weighted by atomic mass is 19.1. The molecule has 0 saturated heterocycles. The van der Waals surface area contributed by atoms with Gasteiger partial charge in [-0.3, -0.25) is 14.4 Å². The maximum absolute atomic E-state index is 17.0. The van der Waals surface area contributed by atoms with Gasteiger partial charge in [-0.1, -0.05) is 19.9 Å². The molecule has 0 aliphatic heterocycles. The minimum absolute atomic E-state index is 0.0265. The Morgan fingerprint density at radius 1 is 1.25 bits per heavy atom. The maximum atomic E-state index is 17.0. The van der Waals surface area contributed by atoms with E-state index in [4.69, 9.17) is 4.74 Å². The number of aliphatic hydroxyl groups is 2. The van der Waals surface area contributed by atoms with Gasteiger partial charge in [0.05, 0.1) is 6.10 Å². The average Bonchev–Trinajstić information content (AvgIpc) is 2.91. The molecular weight excluding hydrogens is 422 g/mol. The SMILES string of the molecule is CC(=O)OCC(=O)[C@@]1(O)[C@H](C)C[C@@H]2[C@@H]3C[C@H](F)C4=CC(=O)C=C[C@]4(C)[C@@]3(F)[C@H](O)C[C@]21C. The number of alkyl halides is 2. The van der Waals surface area contributed by atoms with Crippen LogP contribution < -0.4 is 0 Å². The number of hydrogen-bond acceptors (Lipinski definition) is 6. The highest BCUT2D eigenvalue weighted by Crippen LogP contribution is 2.70. The molecule has 0 amide bonds. The zero-order valence-corrected chi connectivity index (χ0v) is 18.7. The van der Waals surface area contributed by atoms with E-state index in [0.29, 0.717) is 0 Å². The molecule has 0 radical (unpaired) electrons. The molecule has 3 fully saturated rings. The number of ether oxygens (including phenoxy) is 1. The normalized spacial score (nSPS) is 49.6. The fourth-order valence-electron chi connectivity index (χ4n) is 7.41. The van der Waals surface area contributed by atoms with Gasteiger partial charge < -0.3 is 14.9 Å². The summed E-state index contributed by atoms with van der Waals surface area (Å²) in [5.74, 6) is -3.98. The maximum Gasteiger partial charge on any atom is 0.303 e. The lowest BCUT2D eigenvalue weighted by atomic mass is 9.44. The predicted octanol–water partition coefficient (Wildman–Crippen LogP) is 2.41. The van der Waals surface area contributed by atoms with Crippen LogP contribution in [0, 0.1) is 28.6 Å². The summed E-state index contributed by atoms with van der Waals surface area (Å²) in [7, 11) is 0. The molecule has 32 heavy (non-hydrogen) atoms. The highest BCUT2D eigenvalue weighted by Gasteiger charge is 2.76. The summed E-state index contributed by atoms with van der Waals surface area (Å²) in [5, 5.41) is 22.8. The van der Waals surface area contributed by atoms with E-state index < -0.39 is 76.3 Å². The minimum Gasteiger partial charge on any atom is -0.458 e. The fourth-order valence-corrected chi connectivity index (χ4v) is 7.41. The highest BCUT2D eigenvalue weighted by molar-refractivity contribution is 6.01. The van der Waals surface area contributed by atoms with Gasteiger partial charge >= 0.3 is 5.97 Å². The van der Waals surface area contributed by atoms with Crippen molar-refractivity contribution in [2.75, 3.05) is 6.61 Å². The molecule has 9 atom stereocenters. The minimum atomic E-state index is -2.27. The third-order valence-corrected chi connectivity index (χ3v) is 9.04. The topological polar surface area (TPSA) is 101 Å². The molecule has 0 unspecified atom stereocenters. The largest absolute Gasteiger partial charge is 0.458 e. The summed E-state index contributed by atoms with van der Waals surface area (Å²) in [6.45, 7) is 5.34. The summed E-state index contributed by atoms with van der Waals surface area (Å²) in [5.41, 5.74) is -6.97. The fraction of sp³-hybridized carbons (Fsp3) is 0.708. The Hall–Kier alpha value is -1.93. The molecule has 0 spiro atoms. The van der Waals surface area contributed by atoms with Crippen molar-refractivity contribution in [2.24, 2.45) is 28.6 Å². The number of carbonyl (C=O) groups excluding carboxylic acids is 3. The number of fused-ring (bicyclic) bond motifs is 5. The second kappa shape index (κ2) is 7.03. The van der Waals surface area contributed by atoms with Gasteiger partial charge in [0.1, 0.15) is 11.8 Å². The van der Waals surface area contributed by atoms with E-state index in [-0.39, 0.29) is 24.8 Å². The quantitative estimate of drug-likeness (QED) is 0.638. The van der Waals surface area contributed by atoms with Crippen LogP contribution in [0.15, 0.2) is 23.8 Å². The van der Waals surface area contributed by atoms with Crippen molar-refractivity contribution in [3.63, 3.8) is 0 Å². The summed E-state index contributed by atoms with van der Waals surface area (Å²) in [4.78, 5) is 36.1. The van der Waals surface area contributed by atoms with Gasteiger partial charge in [-0.25, -0.2) is 8.78 Å². The second-order valence-corrected chi connectivity index (χ2v) is 10.5. The molecule has 0 aromatic rings. The van der Waals surface area contributed by atoms with Crippen LogP contribution >= 0.6 is 0 Å². The molecule has 176 valence electrons. The Bertz CT molecular complexity index is 945. The van der Waals surface area contributed by atoms with Gasteiger partial charge in [-0.05, 0) is 55.7 Å². The van der Waals surface area contributed by atoms with Crippen LogP contribution in [0.1, 0.15) is 47.0 Å². The van der Waals surface area contributed by atoms with Gasteiger partial charge in [0.15, 0.2) is 18.1 Å². The van der Waals surface area contributed by atoms with Gasteiger partial charge in [0, 0.05) is 23.7 Å². The van der Waals surface area contributed by atoms with E-state index in [2.05, 4.69) is 0 Å². The van der Waals surface area contributed by atoms with E-state index in [1.807, 2.05) is 0 Å². The zero-order valence-electron chi connectivity index (χ0n) is 18.7. The van der Waals surface area contributed by atoms with Crippen LogP contribution in [-0.2, 0) is 19.1 Å². The molecular formula is C24H30F2O6. The number of allylic oxidation sites excluding steroid dienone is 4. The molecule has 0 aromatic heterocycles. The van der Waals surface area contributed by atoms with Crippen LogP contribution in [0.3, 0.4) is 0 Å². The number of ketones is 2. The summed E-state index contributed by atoms with van der Waals surface area (Å²) in [6.07, 6.45) is 0.271. The molecule has 6 nitrogen and oxygen atoms in total. The van der Waals surface area contributed by atoms with Crippen molar-refractivity contribution >= 4 is 17.5 Å². The van der Waals surface area contributed by atoms with Crippen LogP contribution in [-0.4, -0.2) is 57.9 Å². The number of halogens is 2. The second-order valence-electron chi connectivity index (χ2n) is 10.5. The molecule has 0 bridgehead atoms. The number of rotatable bonds is 3. The first-order chi connectivity index (χ1) is 14.7. The third-order valence-electron chi connectivity index (χ3n) is 9.04. The summed E-state index contributed by atoms with van der Waals surface area (Å²) < 4.78 is 37.2. The number of hydrogen-bond donors (Lipinski definition) is 2. The first-order valence-electron chi connectivity index (χ1n) is 11.1. The molecule has 0 heterocycles. The summed E-state index contributed by atoms with van der Waals surface area (Å²) >= 11 is 0. The lowest BCUT2D eigenvalue weighted by Crippen LogP contribution is -2.70. The van der Waals surface area contributed by atoms with Crippen molar-refractivity contribution < 1.29 is 38.1 Å². The Morgan fingerprint density at radius 3 is 2.53 bits per heavy atom. The van der Waals surface area contributed by atoms with E-state index in [1.165, 1.54) is 19.1 Å². The molecule has 8 heteroatoms. The smallest absolute Gasteiger partial charge is 0.303 e. The van der Waals surface area contributed by atoms with Crippen molar-refractivity contribution in [3.05, 3.63) is 23.8 Å². The third kappa shape index (κ3) is 2.65. The van der Waals surface area contributed by atoms with Crippen molar-refractivity contribution in [1.29, 1.82) is 0 Å². The zero-order chi connectivity index (χ0) is 23.9. The number of Topliss-reactive ketones (excluding diaryl/α,β-unsaturated/α-hetero) is 1. The van der Waals surface area contributed by atoms with Crippen LogP contribution in [0.25, 0.3) is 0 Å². The first-order valence-corrected chi connectivity index (χ1v) is 11.1. The van der Waals surface area contributed by atoms with Gasteiger partial charge in [-0.15, -0.1) is 0 Å². The van der Waals surface area contributed by atoms with E-state index >= 15 is 8.78 Å². The Balaban J connectivity index is 1.79. The van der Waals surface area contributed by atoms with Crippen LogP contribution in [0.5, 0.6) is 0 Å². The monoisotopic (exact) mass is 452 g/mol. The van der Waals surface area contributed by atoms with Crippen molar-refractivity contribution in [3.8, 4) is 0 Å². The molecule has 3 saturated carbocycles. The lowest BCUT2D eigenvalue weighted by Gasteiger charge is -2.63. The summed E-state index contributed by atoms with van der Waals surface area (Å²) in [6, 6.07) is 0. The molecule has 4 rings (SSSR count). The Morgan fingerprint density at radius 2 is 1.91 bits per heavy atom. The number of aliphatic hydroxyl groups excluding tert-OH is 1. The van der Waals surface area contributed by atoms with Crippen LogP contribution in [0.2, 0.25) is 0 Å². The average molecular weight is 452 g/mol. The van der Waals surface area contributed by atoms with E-state index in [9.17, 15) is 24.6 Å². The molecule has 4 aliphatic rings.